The number of benzene rings is 1. The number of rotatable bonds is 8. The molecule has 0 bridgehead atoms. The number of nitrogens with one attached hydrogen (secondary N) is 1. The predicted molar refractivity (Wildman–Crippen MR) is 136 cm³/mol. The van der Waals surface area contributed by atoms with E-state index in [-0.39, 0.29) is 0 Å². The standard InChI is InChI=1S/C26H32ClN5O3/c1-15-24(23-16(2)31-35-17(23)3)29-25(30-26(15)32-11-18-13-33-14-19(18)12-32)21-10-20(6-7-22(21)27)34-9-5-8-28-4/h6-7,10,18-19,28H,5,8-9,11-14H2,1-4H3. The number of nitrogens with zero attached hydrogens (tertiary/aromatic N) is 4. The largest absolute Gasteiger partial charge is 0.494 e. The molecule has 5 rings (SSSR count). The van der Waals surface area contributed by atoms with Crippen LogP contribution in [0, 0.1) is 32.6 Å². The fourth-order valence-corrected chi connectivity index (χ4v) is 5.26. The first-order valence-electron chi connectivity index (χ1n) is 12.2. The monoisotopic (exact) mass is 497 g/mol. The Bertz CT molecular complexity index is 1180. The number of anilines is 1. The molecule has 186 valence electrons. The topological polar surface area (TPSA) is 85.5 Å². The van der Waals surface area contributed by atoms with E-state index < -0.39 is 0 Å². The summed E-state index contributed by atoms with van der Waals surface area (Å²) in [4.78, 5) is 12.4. The first kappa shape index (κ1) is 24.0. The highest BCUT2D eigenvalue weighted by Gasteiger charge is 2.38. The van der Waals surface area contributed by atoms with Crippen LogP contribution in [0.3, 0.4) is 0 Å². The van der Waals surface area contributed by atoms with E-state index in [0.29, 0.717) is 29.3 Å². The van der Waals surface area contributed by atoms with Crippen molar-refractivity contribution in [3.8, 4) is 28.4 Å². The lowest BCUT2D eigenvalue weighted by molar-refractivity contribution is 0.177. The average molecular weight is 498 g/mol. The van der Waals surface area contributed by atoms with E-state index in [0.717, 1.165) is 84.7 Å². The molecule has 0 amide bonds. The molecule has 2 fully saturated rings. The smallest absolute Gasteiger partial charge is 0.163 e. The third kappa shape index (κ3) is 4.75. The Hall–Kier alpha value is -2.68. The summed E-state index contributed by atoms with van der Waals surface area (Å²) >= 11 is 6.68. The van der Waals surface area contributed by atoms with Crippen molar-refractivity contribution in [1.82, 2.24) is 20.4 Å². The molecule has 8 nitrogen and oxygen atoms in total. The summed E-state index contributed by atoms with van der Waals surface area (Å²) in [5.74, 6) is 4.05. The van der Waals surface area contributed by atoms with Gasteiger partial charge in [-0.3, -0.25) is 0 Å². The highest BCUT2D eigenvalue weighted by molar-refractivity contribution is 6.33. The van der Waals surface area contributed by atoms with Crippen molar-refractivity contribution in [3.05, 3.63) is 40.2 Å². The van der Waals surface area contributed by atoms with Crippen molar-refractivity contribution < 1.29 is 14.0 Å². The lowest BCUT2D eigenvalue weighted by atomic mass is 10.0. The van der Waals surface area contributed by atoms with Crippen LogP contribution in [0.15, 0.2) is 22.7 Å². The van der Waals surface area contributed by atoms with Gasteiger partial charge >= 0.3 is 0 Å². The van der Waals surface area contributed by atoms with Crippen molar-refractivity contribution in [2.75, 3.05) is 51.4 Å². The van der Waals surface area contributed by atoms with Gasteiger partial charge < -0.3 is 24.2 Å². The number of halogens is 1. The SMILES string of the molecule is CNCCCOc1ccc(Cl)c(-c2nc(-c3c(C)noc3C)c(C)c(N3CC4COCC4C3)n2)c1. The zero-order valence-corrected chi connectivity index (χ0v) is 21.5. The van der Waals surface area contributed by atoms with Crippen molar-refractivity contribution in [2.45, 2.75) is 27.2 Å². The average Bonchev–Trinajstić information content (AvgIpc) is 3.54. The highest BCUT2D eigenvalue weighted by atomic mass is 35.5. The Labute approximate surface area is 211 Å². The maximum atomic E-state index is 6.68. The van der Waals surface area contributed by atoms with Gasteiger partial charge in [0.05, 0.1) is 41.8 Å². The molecule has 2 unspecified atom stereocenters. The van der Waals surface area contributed by atoms with E-state index in [2.05, 4.69) is 22.3 Å². The van der Waals surface area contributed by atoms with Gasteiger partial charge in [0, 0.05) is 36.1 Å². The van der Waals surface area contributed by atoms with Crippen molar-refractivity contribution in [1.29, 1.82) is 0 Å². The Morgan fingerprint density at radius 2 is 1.91 bits per heavy atom. The summed E-state index contributed by atoms with van der Waals surface area (Å²) in [5, 5.41) is 7.89. The number of ether oxygens (including phenoxy) is 2. The van der Waals surface area contributed by atoms with Gasteiger partial charge in [0.2, 0.25) is 0 Å². The predicted octanol–water partition coefficient (Wildman–Crippen LogP) is 4.45. The zero-order valence-electron chi connectivity index (χ0n) is 20.7. The summed E-state index contributed by atoms with van der Waals surface area (Å²) in [6, 6.07) is 5.66. The van der Waals surface area contributed by atoms with Gasteiger partial charge in [-0.2, -0.15) is 0 Å². The fourth-order valence-electron chi connectivity index (χ4n) is 5.06. The zero-order chi connectivity index (χ0) is 24.5. The minimum Gasteiger partial charge on any atom is -0.494 e. The van der Waals surface area contributed by atoms with Gasteiger partial charge in [0.15, 0.2) is 5.82 Å². The second kappa shape index (κ2) is 10.1. The molecule has 2 aliphatic rings. The van der Waals surface area contributed by atoms with Crippen LogP contribution in [0.1, 0.15) is 23.4 Å². The normalized spacial score (nSPS) is 19.4. The lowest BCUT2D eigenvalue weighted by Gasteiger charge is -2.23. The van der Waals surface area contributed by atoms with Crippen LogP contribution < -0.4 is 15.0 Å². The molecule has 1 N–H and O–H groups in total. The molecular weight excluding hydrogens is 466 g/mol. The second-order valence-electron chi connectivity index (χ2n) is 9.45. The quantitative estimate of drug-likeness (QED) is 0.457. The van der Waals surface area contributed by atoms with E-state index in [9.17, 15) is 0 Å². The van der Waals surface area contributed by atoms with Crippen LogP contribution in [0.5, 0.6) is 5.75 Å². The Morgan fingerprint density at radius 1 is 1.14 bits per heavy atom. The van der Waals surface area contributed by atoms with E-state index in [4.69, 9.17) is 35.6 Å². The third-order valence-corrected chi connectivity index (χ3v) is 7.28. The number of fused-ring (bicyclic) bond motifs is 1. The summed E-state index contributed by atoms with van der Waals surface area (Å²) < 4.78 is 17.2. The molecule has 2 atom stereocenters. The fraction of sp³-hybridized carbons (Fsp3) is 0.500. The molecule has 4 heterocycles. The van der Waals surface area contributed by atoms with E-state index in [1.165, 1.54) is 0 Å². The molecule has 35 heavy (non-hydrogen) atoms. The van der Waals surface area contributed by atoms with Gasteiger partial charge in [-0.25, -0.2) is 9.97 Å². The summed E-state index contributed by atoms with van der Waals surface area (Å²) in [7, 11) is 1.93. The molecule has 0 spiro atoms. The minimum atomic E-state index is 0.535. The summed E-state index contributed by atoms with van der Waals surface area (Å²) in [6.07, 6.45) is 0.914. The van der Waals surface area contributed by atoms with Gasteiger partial charge in [-0.15, -0.1) is 0 Å². The van der Waals surface area contributed by atoms with Gasteiger partial charge in [0.25, 0.3) is 0 Å². The van der Waals surface area contributed by atoms with Crippen LogP contribution in [0.25, 0.3) is 22.6 Å². The number of aromatic nitrogens is 3. The Balaban J connectivity index is 1.58. The van der Waals surface area contributed by atoms with Crippen molar-refractivity contribution in [2.24, 2.45) is 11.8 Å². The van der Waals surface area contributed by atoms with Gasteiger partial charge in [0.1, 0.15) is 17.3 Å². The first-order valence-corrected chi connectivity index (χ1v) is 12.6. The molecule has 3 aromatic rings. The van der Waals surface area contributed by atoms with Gasteiger partial charge in [-0.05, 0) is 59.0 Å². The molecule has 9 heteroatoms. The van der Waals surface area contributed by atoms with Crippen LogP contribution in [-0.2, 0) is 4.74 Å². The molecule has 2 aromatic heterocycles. The summed E-state index contributed by atoms with van der Waals surface area (Å²) in [6.45, 7) is 10.9. The van der Waals surface area contributed by atoms with Gasteiger partial charge in [-0.1, -0.05) is 16.8 Å². The van der Waals surface area contributed by atoms with Crippen LogP contribution in [0.2, 0.25) is 5.02 Å². The second-order valence-corrected chi connectivity index (χ2v) is 9.86. The first-order chi connectivity index (χ1) is 17.0. The molecule has 0 radical (unpaired) electrons. The lowest BCUT2D eigenvalue weighted by Crippen LogP contribution is -2.25. The van der Waals surface area contributed by atoms with Crippen LogP contribution in [-0.4, -0.2) is 61.6 Å². The van der Waals surface area contributed by atoms with Crippen molar-refractivity contribution >= 4 is 17.4 Å². The molecule has 0 saturated carbocycles. The molecule has 0 aliphatic carbocycles. The van der Waals surface area contributed by atoms with E-state index in [1.807, 2.05) is 39.1 Å². The summed E-state index contributed by atoms with van der Waals surface area (Å²) in [5.41, 5.74) is 4.30. The maximum absolute atomic E-state index is 6.68. The number of aryl methyl sites for hydroxylation is 2. The molecule has 1 aromatic carbocycles. The Kier molecular flexibility index (Phi) is 6.95. The van der Waals surface area contributed by atoms with Crippen LogP contribution in [0.4, 0.5) is 5.82 Å². The van der Waals surface area contributed by atoms with E-state index in [1.54, 1.807) is 0 Å². The third-order valence-electron chi connectivity index (χ3n) is 6.95. The maximum Gasteiger partial charge on any atom is 0.163 e. The number of hydrogen-bond donors (Lipinski definition) is 1. The Morgan fingerprint density at radius 3 is 2.60 bits per heavy atom. The molecule has 2 saturated heterocycles. The van der Waals surface area contributed by atoms with Crippen LogP contribution >= 0.6 is 11.6 Å². The molecule has 2 aliphatic heterocycles. The minimum absolute atomic E-state index is 0.535. The number of hydrogen-bond acceptors (Lipinski definition) is 8. The molecular formula is C26H32ClN5O3. The van der Waals surface area contributed by atoms with Crippen molar-refractivity contribution in [3.63, 3.8) is 0 Å². The van der Waals surface area contributed by atoms with E-state index >= 15 is 0 Å². The highest BCUT2D eigenvalue weighted by Crippen LogP contribution is 2.39.